The summed E-state index contributed by atoms with van der Waals surface area (Å²) in [5, 5.41) is 18.9. The number of pyridine rings is 1. The second-order valence-electron chi connectivity index (χ2n) is 3.60. The molecule has 0 aliphatic carbocycles. The number of aliphatic hydroxyl groups is 1. The van der Waals surface area contributed by atoms with Gasteiger partial charge in [-0.3, -0.25) is 0 Å². The molecule has 16 heavy (non-hydrogen) atoms. The summed E-state index contributed by atoms with van der Waals surface area (Å²) in [5.74, 6) is 0.125. The van der Waals surface area contributed by atoms with Crippen molar-refractivity contribution >= 4 is 0 Å². The standard InChI is InChI=1S/C12H16N2O2/c1-3-4-9(7-13)12(15)10-5-6-11(16-2)14-8-10/h5-6,8-9,12,15H,3-4H2,1-2H3. The van der Waals surface area contributed by atoms with E-state index in [1.54, 1.807) is 18.3 Å². The highest BCUT2D eigenvalue weighted by Crippen LogP contribution is 2.25. The number of rotatable bonds is 5. The SMILES string of the molecule is CCCC(C#N)C(O)c1ccc(OC)nc1. The molecule has 0 bridgehead atoms. The Balaban J connectivity index is 2.78. The van der Waals surface area contributed by atoms with Crippen molar-refractivity contribution in [1.29, 1.82) is 5.26 Å². The Bertz CT molecular complexity index is 356. The van der Waals surface area contributed by atoms with Crippen LogP contribution in [0.2, 0.25) is 0 Å². The third-order valence-corrected chi connectivity index (χ3v) is 2.46. The van der Waals surface area contributed by atoms with Gasteiger partial charge in [0.25, 0.3) is 0 Å². The topological polar surface area (TPSA) is 66.1 Å². The first-order valence-corrected chi connectivity index (χ1v) is 5.30. The molecule has 0 spiro atoms. The van der Waals surface area contributed by atoms with E-state index in [0.717, 1.165) is 6.42 Å². The van der Waals surface area contributed by atoms with Gasteiger partial charge in [0.15, 0.2) is 0 Å². The number of ether oxygens (including phenoxy) is 1. The first-order valence-electron chi connectivity index (χ1n) is 5.30. The number of aliphatic hydroxyl groups excluding tert-OH is 1. The lowest BCUT2D eigenvalue weighted by Gasteiger charge is -2.15. The summed E-state index contributed by atoms with van der Waals surface area (Å²) in [7, 11) is 1.54. The van der Waals surface area contributed by atoms with Crippen LogP contribution in [0, 0.1) is 17.2 Å². The van der Waals surface area contributed by atoms with E-state index in [1.165, 1.54) is 7.11 Å². The fourth-order valence-electron chi connectivity index (χ4n) is 1.52. The molecule has 4 heteroatoms. The molecule has 1 aromatic heterocycles. The van der Waals surface area contributed by atoms with Crippen LogP contribution in [-0.4, -0.2) is 17.2 Å². The smallest absolute Gasteiger partial charge is 0.212 e. The van der Waals surface area contributed by atoms with Gasteiger partial charge in [-0.25, -0.2) is 4.98 Å². The van der Waals surface area contributed by atoms with E-state index in [4.69, 9.17) is 10.00 Å². The van der Waals surface area contributed by atoms with Gasteiger partial charge in [0.2, 0.25) is 5.88 Å². The van der Waals surface area contributed by atoms with E-state index in [2.05, 4.69) is 11.1 Å². The molecule has 0 saturated carbocycles. The number of methoxy groups -OCH3 is 1. The van der Waals surface area contributed by atoms with Gasteiger partial charge < -0.3 is 9.84 Å². The normalized spacial score (nSPS) is 13.9. The molecule has 0 fully saturated rings. The summed E-state index contributed by atoms with van der Waals surface area (Å²) in [6.07, 6.45) is 2.33. The molecule has 0 amide bonds. The summed E-state index contributed by atoms with van der Waals surface area (Å²) in [5.41, 5.74) is 0.654. The third-order valence-electron chi connectivity index (χ3n) is 2.46. The molecule has 1 rings (SSSR count). The van der Waals surface area contributed by atoms with Gasteiger partial charge in [-0.1, -0.05) is 13.3 Å². The maximum absolute atomic E-state index is 9.97. The summed E-state index contributed by atoms with van der Waals surface area (Å²) in [6, 6.07) is 5.53. The molecule has 0 saturated heterocycles. The van der Waals surface area contributed by atoms with Crippen molar-refractivity contribution < 1.29 is 9.84 Å². The Labute approximate surface area is 95.5 Å². The van der Waals surface area contributed by atoms with Crippen molar-refractivity contribution in [3.8, 4) is 11.9 Å². The fourth-order valence-corrected chi connectivity index (χ4v) is 1.52. The maximum atomic E-state index is 9.97. The minimum atomic E-state index is -0.775. The lowest BCUT2D eigenvalue weighted by molar-refractivity contribution is 0.129. The van der Waals surface area contributed by atoms with Crippen molar-refractivity contribution in [3.05, 3.63) is 23.9 Å². The average Bonchev–Trinajstić information content (AvgIpc) is 2.35. The molecule has 2 unspecified atom stereocenters. The van der Waals surface area contributed by atoms with Crippen LogP contribution in [0.3, 0.4) is 0 Å². The van der Waals surface area contributed by atoms with Crippen LogP contribution in [0.1, 0.15) is 31.4 Å². The minimum Gasteiger partial charge on any atom is -0.481 e. The number of nitriles is 1. The number of hydrogen-bond donors (Lipinski definition) is 1. The molecule has 86 valence electrons. The number of hydrogen-bond acceptors (Lipinski definition) is 4. The average molecular weight is 220 g/mol. The van der Waals surface area contributed by atoms with Crippen molar-refractivity contribution in [2.75, 3.05) is 7.11 Å². The Morgan fingerprint density at radius 1 is 1.56 bits per heavy atom. The summed E-state index contributed by atoms with van der Waals surface area (Å²) in [4.78, 5) is 4.00. The molecule has 1 N–H and O–H groups in total. The molecule has 4 nitrogen and oxygen atoms in total. The molecular weight excluding hydrogens is 204 g/mol. The zero-order valence-corrected chi connectivity index (χ0v) is 9.55. The molecule has 0 aliphatic heterocycles. The van der Waals surface area contributed by atoms with Gasteiger partial charge in [0.1, 0.15) is 0 Å². The first kappa shape index (κ1) is 12.5. The molecule has 1 heterocycles. The van der Waals surface area contributed by atoms with Gasteiger partial charge in [-0.05, 0) is 12.5 Å². The van der Waals surface area contributed by atoms with Crippen molar-refractivity contribution in [3.63, 3.8) is 0 Å². The van der Waals surface area contributed by atoms with Crippen LogP contribution in [0.5, 0.6) is 5.88 Å². The molecule has 0 radical (unpaired) electrons. The van der Waals surface area contributed by atoms with Gasteiger partial charge in [0.05, 0.1) is 25.2 Å². The van der Waals surface area contributed by atoms with Crippen molar-refractivity contribution in [2.45, 2.75) is 25.9 Å². The van der Waals surface area contributed by atoms with Gasteiger partial charge >= 0.3 is 0 Å². The summed E-state index contributed by atoms with van der Waals surface area (Å²) >= 11 is 0. The lowest BCUT2D eigenvalue weighted by atomic mass is 9.94. The zero-order valence-electron chi connectivity index (χ0n) is 9.55. The highest BCUT2D eigenvalue weighted by molar-refractivity contribution is 5.21. The first-order chi connectivity index (χ1) is 7.72. The molecule has 1 aromatic rings. The maximum Gasteiger partial charge on any atom is 0.212 e. The quantitative estimate of drug-likeness (QED) is 0.824. The van der Waals surface area contributed by atoms with E-state index < -0.39 is 6.10 Å². The van der Waals surface area contributed by atoms with Crippen molar-refractivity contribution in [1.82, 2.24) is 4.98 Å². The second kappa shape index (κ2) is 6.09. The zero-order chi connectivity index (χ0) is 12.0. The predicted octanol–water partition coefficient (Wildman–Crippen LogP) is 2.06. The second-order valence-corrected chi connectivity index (χ2v) is 3.60. The molecule has 2 atom stereocenters. The van der Waals surface area contributed by atoms with Crippen molar-refractivity contribution in [2.24, 2.45) is 5.92 Å². The Morgan fingerprint density at radius 2 is 2.31 bits per heavy atom. The van der Waals surface area contributed by atoms with Crippen LogP contribution in [0.15, 0.2) is 18.3 Å². The number of nitrogens with zero attached hydrogens (tertiary/aromatic N) is 2. The predicted molar refractivity (Wildman–Crippen MR) is 59.8 cm³/mol. The third kappa shape index (κ3) is 2.94. The molecular formula is C12H16N2O2. The van der Waals surface area contributed by atoms with E-state index in [1.807, 2.05) is 6.92 Å². The highest BCUT2D eigenvalue weighted by Gasteiger charge is 2.19. The summed E-state index contributed by atoms with van der Waals surface area (Å²) in [6.45, 7) is 1.99. The molecule has 0 aromatic carbocycles. The van der Waals surface area contributed by atoms with Crippen LogP contribution in [0.4, 0.5) is 0 Å². The van der Waals surface area contributed by atoms with Crippen LogP contribution in [0.25, 0.3) is 0 Å². The van der Waals surface area contributed by atoms with Gasteiger partial charge in [-0.15, -0.1) is 0 Å². The minimum absolute atomic E-state index is 0.375. The summed E-state index contributed by atoms with van der Waals surface area (Å²) < 4.78 is 4.93. The highest BCUT2D eigenvalue weighted by atomic mass is 16.5. The van der Waals surface area contributed by atoms with E-state index in [-0.39, 0.29) is 5.92 Å². The van der Waals surface area contributed by atoms with E-state index >= 15 is 0 Å². The largest absolute Gasteiger partial charge is 0.481 e. The fraction of sp³-hybridized carbons (Fsp3) is 0.500. The Morgan fingerprint density at radius 3 is 2.75 bits per heavy atom. The number of aromatic nitrogens is 1. The van der Waals surface area contributed by atoms with Gasteiger partial charge in [0, 0.05) is 17.8 Å². The van der Waals surface area contributed by atoms with Crippen LogP contribution < -0.4 is 4.74 Å². The van der Waals surface area contributed by atoms with Crippen LogP contribution >= 0.6 is 0 Å². The Hall–Kier alpha value is -1.60. The monoisotopic (exact) mass is 220 g/mol. The van der Waals surface area contributed by atoms with E-state index in [0.29, 0.717) is 17.9 Å². The van der Waals surface area contributed by atoms with Crippen LogP contribution in [-0.2, 0) is 0 Å². The lowest BCUT2D eigenvalue weighted by Crippen LogP contribution is -2.11. The van der Waals surface area contributed by atoms with Gasteiger partial charge in [-0.2, -0.15) is 5.26 Å². The molecule has 0 aliphatic rings. The Kier molecular flexibility index (Phi) is 4.74. The van der Waals surface area contributed by atoms with E-state index in [9.17, 15) is 5.11 Å².